The lowest BCUT2D eigenvalue weighted by Gasteiger charge is -2.28. The van der Waals surface area contributed by atoms with Crippen molar-refractivity contribution in [2.24, 2.45) is 7.05 Å². The van der Waals surface area contributed by atoms with Crippen molar-refractivity contribution in [2.75, 3.05) is 31.6 Å². The van der Waals surface area contributed by atoms with Crippen molar-refractivity contribution in [1.82, 2.24) is 19.7 Å². The van der Waals surface area contributed by atoms with Crippen LogP contribution in [0.2, 0.25) is 0 Å². The van der Waals surface area contributed by atoms with Gasteiger partial charge in [0.2, 0.25) is 0 Å². The molecule has 1 aromatic carbocycles. The molecule has 0 radical (unpaired) electrons. The highest BCUT2D eigenvalue weighted by Gasteiger charge is 2.27. The van der Waals surface area contributed by atoms with Crippen LogP contribution < -0.4 is 5.32 Å². The van der Waals surface area contributed by atoms with Crippen LogP contribution in [0.4, 0.5) is 10.5 Å². The summed E-state index contributed by atoms with van der Waals surface area (Å²) in [5.41, 5.74) is 1.70. The number of ether oxygens (including phenoxy) is 2. The molecule has 0 spiro atoms. The van der Waals surface area contributed by atoms with E-state index < -0.39 is 0 Å². The van der Waals surface area contributed by atoms with Gasteiger partial charge in [0.15, 0.2) is 5.82 Å². The number of anilines is 1. The van der Waals surface area contributed by atoms with Gasteiger partial charge in [0.1, 0.15) is 6.33 Å². The first kappa shape index (κ1) is 18.9. The molecule has 2 atom stereocenters. The largest absolute Gasteiger partial charge is 0.376 e. The molecule has 0 saturated carbocycles. The Labute approximate surface area is 164 Å². The molecule has 4 rings (SSSR count). The topological polar surface area (TPSA) is 81.5 Å². The van der Waals surface area contributed by atoms with Crippen LogP contribution >= 0.6 is 0 Å². The molecule has 28 heavy (non-hydrogen) atoms. The number of carbonyl (C=O) groups excluding carboxylic acids is 1. The summed E-state index contributed by atoms with van der Waals surface area (Å²) in [6.45, 7) is 2.76. The van der Waals surface area contributed by atoms with Gasteiger partial charge in [-0.2, -0.15) is 0 Å². The zero-order valence-electron chi connectivity index (χ0n) is 16.2. The van der Waals surface area contributed by atoms with Crippen molar-refractivity contribution in [2.45, 2.75) is 37.9 Å². The third kappa shape index (κ3) is 4.51. The summed E-state index contributed by atoms with van der Waals surface area (Å²) in [7, 11) is 1.90. The second-order valence-corrected chi connectivity index (χ2v) is 7.45. The standard InChI is InChI=1S/C20H27N5O3/c1-24-14-21-23-19(24)15-6-8-16(9-7-15)22-20(26)25(12-17-4-2-10-27-17)13-18-5-3-11-28-18/h6-9,14,17-18H,2-5,10-13H2,1H3,(H,22,26)/t17-,18-/m1/s1. The van der Waals surface area contributed by atoms with Crippen LogP contribution in [0.3, 0.4) is 0 Å². The van der Waals surface area contributed by atoms with Crippen LogP contribution in [0, 0.1) is 0 Å². The number of aromatic nitrogens is 3. The quantitative estimate of drug-likeness (QED) is 0.827. The molecule has 3 heterocycles. The first-order chi connectivity index (χ1) is 13.7. The van der Waals surface area contributed by atoms with Gasteiger partial charge in [-0.05, 0) is 49.9 Å². The molecule has 2 aromatic rings. The number of carbonyl (C=O) groups is 1. The molecule has 8 heteroatoms. The van der Waals surface area contributed by atoms with Crippen LogP contribution in [-0.2, 0) is 16.5 Å². The molecule has 8 nitrogen and oxygen atoms in total. The molecule has 2 fully saturated rings. The van der Waals surface area contributed by atoms with Crippen molar-refractivity contribution < 1.29 is 14.3 Å². The Hall–Kier alpha value is -2.45. The summed E-state index contributed by atoms with van der Waals surface area (Å²) in [5.74, 6) is 0.788. The highest BCUT2D eigenvalue weighted by atomic mass is 16.5. The summed E-state index contributed by atoms with van der Waals surface area (Å²) in [4.78, 5) is 14.8. The number of nitrogens with one attached hydrogen (secondary N) is 1. The number of hydrogen-bond acceptors (Lipinski definition) is 5. The Morgan fingerprint density at radius 2 is 1.79 bits per heavy atom. The molecule has 1 aromatic heterocycles. The van der Waals surface area contributed by atoms with Crippen molar-refractivity contribution in [3.05, 3.63) is 30.6 Å². The lowest BCUT2D eigenvalue weighted by Crippen LogP contribution is -2.44. The van der Waals surface area contributed by atoms with Gasteiger partial charge < -0.3 is 24.3 Å². The number of urea groups is 1. The summed E-state index contributed by atoms with van der Waals surface area (Å²) < 4.78 is 13.3. The second kappa shape index (κ2) is 8.70. The smallest absolute Gasteiger partial charge is 0.322 e. The fraction of sp³-hybridized carbons (Fsp3) is 0.550. The Morgan fingerprint density at radius 3 is 2.29 bits per heavy atom. The van der Waals surface area contributed by atoms with E-state index in [0.717, 1.165) is 56.0 Å². The predicted molar refractivity (Wildman–Crippen MR) is 105 cm³/mol. The van der Waals surface area contributed by atoms with Crippen molar-refractivity contribution >= 4 is 11.7 Å². The van der Waals surface area contributed by atoms with Crippen LogP contribution in [0.1, 0.15) is 25.7 Å². The molecular formula is C20H27N5O3. The first-order valence-corrected chi connectivity index (χ1v) is 9.92. The Bertz CT molecular complexity index is 761. The SMILES string of the molecule is Cn1cnnc1-c1ccc(NC(=O)N(C[C@H]2CCCO2)C[C@H]2CCCO2)cc1. The van der Waals surface area contributed by atoms with E-state index in [1.807, 2.05) is 40.8 Å². The molecule has 2 aliphatic heterocycles. The van der Waals surface area contributed by atoms with Crippen LogP contribution in [-0.4, -0.2) is 64.2 Å². The number of amides is 2. The number of aryl methyl sites for hydroxylation is 1. The van der Waals surface area contributed by atoms with Gasteiger partial charge in [-0.1, -0.05) is 0 Å². The van der Waals surface area contributed by atoms with Gasteiger partial charge in [0.25, 0.3) is 0 Å². The average Bonchev–Trinajstić information content (AvgIpc) is 3.45. The number of nitrogens with zero attached hydrogens (tertiary/aromatic N) is 4. The van der Waals surface area contributed by atoms with E-state index in [-0.39, 0.29) is 18.2 Å². The lowest BCUT2D eigenvalue weighted by molar-refractivity contribution is 0.0524. The number of rotatable bonds is 6. The lowest BCUT2D eigenvalue weighted by atomic mass is 10.2. The van der Waals surface area contributed by atoms with Crippen molar-refractivity contribution in [3.63, 3.8) is 0 Å². The predicted octanol–water partition coefficient (Wildman–Crippen LogP) is 2.67. The van der Waals surface area contributed by atoms with E-state index in [2.05, 4.69) is 15.5 Å². The molecule has 150 valence electrons. The highest BCUT2D eigenvalue weighted by molar-refractivity contribution is 5.89. The van der Waals surface area contributed by atoms with Crippen LogP contribution in [0.25, 0.3) is 11.4 Å². The Kier molecular flexibility index (Phi) is 5.87. The van der Waals surface area contributed by atoms with Gasteiger partial charge in [-0.25, -0.2) is 4.79 Å². The summed E-state index contributed by atoms with van der Waals surface area (Å²) in [6, 6.07) is 7.53. The highest BCUT2D eigenvalue weighted by Crippen LogP contribution is 2.21. The maximum atomic E-state index is 12.9. The monoisotopic (exact) mass is 385 g/mol. The Morgan fingerprint density at radius 1 is 1.14 bits per heavy atom. The molecule has 0 aliphatic carbocycles. The van der Waals surface area contributed by atoms with E-state index in [4.69, 9.17) is 9.47 Å². The number of hydrogen-bond donors (Lipinski definition) is 1. The first-order valence-electron chi connectivity index (χ1n) is 9.92. The minimum Gasteiger partial charge on any atom is -0.376 e. The van der Waals surface area contributed by atoms with Crippen LogP contribution in [0.5, 0.6) is 0 Å². The van der Waals surface area contributed by atoms with Gasteiger partial charge in [-0.3, -0.25) is 0 Å². The molecule has 0 unspecified atom stereocenters. The van der Waals surface area contributed by atoms with Gasteiger partial charge >= 0.3 is 6.03 Å². The molecule has 0 bridgehead atoms. The van der Waals surface area contributed by atoms with E-state index in [9.17, 15) is 4.79 Å². The summed E-state index contributed by atoms with van der Waals surface area (Å²) in [5, 5.41) is 11.0. The molecule has 2 aliphatic rings. The van der Waals surface area contributed by atoms with E-state index >= 15 is 0 Å². The molecule has 2 amide bonds. The molecule has 2 saturated heterocycles. The average molecular weight is 385 g/mol. The second-order valence-electron chi connectivity index (χ2n) is 7.45. The summed E-state index contributed by atoms with van der Waals surface area (Å²) >= 11 is 0. The van der Waals surface area contributed by atoms with Crippen molar-refractivity contribution in [3.8, 4) is 11.4 Å². The summed E-state index contributed by atoms with van der Waals surface area (Å²) in [6.07, 6.45) is 6.02. The van der Waals surface area contributed by atoms with Crippen molar-refractivity contribution in [1.29, 1.82) is 0 Å². The van der Waals surface area contributed by atoms with Gasteiger partial charge in [0.05, 0.1) is 12.2 Å². The zero-order chi connectivity index (χ0) is 19.3. The minimum atomic E-state index is -0.114. The van der Waals surface area contributed by atoms with E-state index in [0.29, 0.717) is 13.1 Å². The van der Waals surface area contributed by atoms with Gasteiger partial charge in [0, 0.05) is 44.6 Å². The third-order valence-electron chi connectivity index (χ3n) is 5.29. The fourth-order valence-corrected chi connectivity index (χ4v) is 3.76. The molecular weight excluding hydrogens is 358 g/mol. The maximum absolute atomic E-state index is 12.9. The molecule has 1 N–H and O–H groups in total. The minimum absolute atomic E-state index is 0.114. The van der Waals surface area contributed by atoms with E-state index in [1.54, 1.807) is 6.33 Å². The van der Waals surface area contributed by atoms with Gasteiger partial charge in [-0.15, -0.1) is 10.2 Å². The fourth-order valence-electron chi connectivity index (χ4n) is 3.76. The normalized spacial score (nSPS) is 21.8. The zero-order valence-corrected chi connectivity index (χ0v) is 16.2. The van der Waals surface area contributed by atoms with Crippen LogP contribution in [0.15, 0.2) is 30.6 Å². The van der Waals surface area contributed by atoms with E-state index in [1.165, 1.54) is 0 Å². The Balaban J connectivity index is 1.41. The third-order valence-corrected chi connectivity index (χ3v) is 5.29. The maximum Gasteiger partial charge on any atom is 0.322 e. The number of benzene rings is 1.